The van der Waals surface area contributed by atoms with Crippen LogP contribution in [0.3, 0.4) is 0 Å². The number of ketones is 1. The number of halogens is 1. The van der Waals surface area contributed by atoms with E-state index in [1.54, 1.807) is 0 Å². The van der Waals surface area contributed by atoms with Gasteiger partial charge in [-0.1, -0.05) is 31.0 Å². The van der Waals surface area contributed by atoms with Gasteiger partial charge in [-0.2, -0.15) is 0 Å². The minimum absolute atomic E-state index is 0.0330. The molecule has 0 bridgehead atoms. The molecule has 1 unspecified atom stereocenters. The molecule has 3 nitrogen and oxygen atoms in total. The average Bonchev–Trinajstić information content (AvgIpc) is 3.24. The highest BCUT2D eigenvalue weighted by Gasteiger charge is 2.40. The first kappa shape index (κ1) is 16.5. The molecule has 25 heavy (non-hydrogen) atoms. The summed E-state index contributed by atoms with van der Waals surface area (Å²) in [5.41, 5.74) is 3.16. The predicted octanol–water partition coefficient (Wildman–Crippen LogP) is 3.20. The van der Waals surface area contributed by atoms with Crippen molar-refractivity contribution in [3.05, 3.63) is 65.0 Å². The molecule has 0 saturated heterocycles. The van der Waals surface area contributed by atoms with Gasteiger partial charge in [-0.05, 0) is 59.6 Å². The monoisotopic (exact) mass is 338 g/mol. The van der Waals surface area contributed by atoms with E-state index >= 15 is 0 Å². The Kier molecular flexibility index (Phi) is 4.44. The number of hydrogen-bond donors (Lipinski definition) is 1. The lowest BCUT2D eigenvalue weighted by Gasteiger charge is -2.19. The molecule has 2 aromatic rings. The molecule has 0 aromatic heterocycles. The van der Waals surface area contributed by atoms with Crippen molar-refractivity contribution in [2.45, 2.75) is 38.2 Å². The molecule has 1 N–H and O–H groups in total. The van der Waals surface area contributed by atoms with Crippen LogP contribution in [0.4, 0.5) is 4.39 Å². The Hall–Kier alpha value is -1.98. The van der Waals surface area contributed by atoms with Crippen molar-refractivity contribution in [1.29, 1.82) is 0 Å². The Bertz CT molecular complexity index is 784. The number of benzene rings is 2. The fraction of sp³-hybridized carbons (Fsp3) is 0.350. The number of rotatable bonds is 4. The summed E-state index contributed by atoms with van der Waals surface area (Å²) in [5.74, 6) is 0.0515. The molecule has 1 saturated carbocycles. The SMILES string of the molecule is O=C(Cc1ccc2c(c1)B(O)OC2C1CCCC1)c1ccc(F)cc1. The van der Waals surface area contributed by atoms with Crippen LogP contribution in [-0.4, -0.2) is 17.9 Å². The van der Waals surface area contributed by atoms with Crippen LogP contribution in [0.15, 0.2) is 42.5 Å². The van der Waals surface area contributed by atoms with E-state index in [9.17, 15) is 14.2 Å². The van der Waals surface area contributed by atoms with Gasteiger partial charge in [-0.3, -0.25) is 4.79 Å². The summed E-state index contributed by atoms with van der Waals surface area (Å²) in [7, 11) is -0.915. The maximum absolute atomic E-state index is 13.0. The van der Waals surface area contributed by atoms with E-state index in [1.165, 1.54) is 37.1 Å². The molecule has 2 aliphatic rings. The molecule has 1 fully saturated rings. The molecular formula is C20H20BFO3. The Labute approximate surface area is 147 Å². The van der Waals surface area contributed by atoms with E-state index in [0.29, 0.717) is 11.5 Å². The van der Waals surface area contributed by atoms with E-state index in [2.05, 4.69) is 0 Å². The summed E-state index contributed by atoms with van der Waals surface area (Å²) < 4.78 is 18.8. The topological polar surface area (TPSA) is 46.5 Å². The number of hydrogen-bond acceptors (Lipinski definition) is 3. The summed E-state index contributed by atoms with van der Waals surface area (Å²) in [6.45, 7) is 0. The summed E-state index contributed by atoms with van der Waals surface area (Å²) in [4.78, 5) is 12.4. The van der Waals surface area contributed by atoms with Crippen molar-refractivity contribution in [3.8, 4) is 0 Å². The molecule has 0 spiro atoms. The first-order chi connectivity index (χ1) is 12.1. The second kappa shape index (κ2) is 6.73. The quantitative estimate of drug-likeness (QED) is 0.688. The van der Waals surface area contributed by atoms with Gasteiger partial charge in [0, 0.05) is 12.0 Å². The van der Waals surface area contributed by atoms with Crippen LogP contribution in [0, 0.1) is 11.7 Å². The van der Waals surface area contributed by atoms with Gasteiger partial charge in [0.25, 0.3) is 0 Å². The van der Waals surface area contributed by atoms with Crippen LogP contribution >= 0.6 is 0 Å². The van der Waals surface area contributed by atoms with Gasteiger partial charge < -0.3 is 9.68 Å². The van der Waals surface area contributed by atoms with Gasteiger partial charge in [0.2, 0.25) is 0 Å². The summed E-state index contributed by atoms with van der Waals surface area (Å²) >= 11 is 0. The van der Waals surface area contributed by atoms with Gasteiger partial charge in [0.1, 0.15) is 5.82 Å². The van der Waals surface area contributed by atoms with Gasteiger partial charge in [0.15, 0.2) is 5.78 Å². The third kappa shape index (κ3) is 3.26. The zero-order valence-corrected chi connectivity index (χ0v) is 14.0. The van der Waals surface area contributed by atoms with Crippen molar-refractivity contribution in [3.63, 3.8) is 0 Å². The summed E-state index contributed by atoms with van der Waals surface area (Å²) in [6, 6.07) is 11.4. The fourth-order valence-electron chi connectivity index (χ4n) is 4.04. The van der Waals surface area contributed by atoms with Gasteiger partial charge >= 0.3 is 7.12 Å². The van der Waals surface area contributed by atoms with E-state index < -0.39 is 7.12 Å². The van der Waals surface area contributed by atoms with Crippen LogP contribution in [0.2, 0.25) is 0 Å². The van der Waals surface area contributed by atoms with Crippen molar-refractivity contribution in [2.24, 2.45) is 5.92 Å². The third-order valence-electron chi connectivity index (χ3n) is 5.36. The highest BCUT2D eigenvalue weighted by atomic mass is 19.1. The Morgan fingerprint density at radius 3 is 2.60 bits per heavy atom. The van der Waals surface area contributed by atoms with Crippen LogP contribution in [-0.2, 0) is 11.1 Å². The standard InChI is InChI=1S/C20H20BFO3/c22-16-8-6-14(7-9-16)19(23)12-13-5-10-17-18(11-13)21(24)25-20(17)15-3-1-2-4-15/h5-11,15,20,24H,1-4,12H2. The average molecular weight is 338 g/mol. The zero-order valence-electron chi connectivity index (χ0n) is 14.0. The first-order valence-corrected chi connectivity index (χ1v) is 8.87. The smallest absolute Gasteiger partial charge is 0.423 e. The molecule has 1 atom stereocenters. The molecule has 4 rings (SSSR count). The Morgan fingerprint density at radius 1 is 1.16 bits per heavy atom. The lowest BCUT2D eigenvalue weighted by Crippen LogP contribution is -2.28. The lowest BCUT2D eigenvalue weighted by atomic mass is 9.77. The number of fused-ring (bicyclic) bond motifs is 1. The van der Waals surface area contributed by atoms with Crippen molar-refractivity contribution < 1.29 is 18.9 Å². The van der Waals surface area contributed by atoms with Crippen LogP contribution in [0.1, 0.15) is 53.3 Å². The first-order valence-electron chi connectivity index (χ1n) is 8.87. The number of Topliss-reactive ketones (excluding diaryl/α,β-unsaturated/α-hetero) is 1. The lowest BCUT2D eigenvalue weighted by molar-refractivity contribution is 0.0993. The second-order valence-corrected chi connectivity index (χ2v) is 7.02. The summed E-state index contributed by atoms with van der Waals surface area (Å²) in [6.07, 6.45) is 4.91. The zero-order chi connectivity index (χ0) is 17.4. The number of carbonyl (C=O) groups is 1. The molecule has 0 amide bonds. The molecule has 1 aliphatic carbocycles. The second-order valence-electron chi connectivity index (χ2n) is 7.02. The van der Waals surface area contributed by atoms with Crippen LogP contribution in [0.25, 0.3) is 0 Å². The summed E-state index contributed by atoms with van der Waals surface area (Å²) in [5, 5.41) is 10.3. The molecule has 0 radical (unpaired) electrons. The minimum Gasteiger partial charge on any atom is -0.423 e. The third-order valence-corrected chi connectivity index (χ3v) is 5.36. The predicted molar refractivity (Wildman–Crippen MR) is 94.3 cm³/mol. The molecular weight excluding hydrogens is 318 g/mol. The molecule has 5 heteroatoms. The van der Waals surface area contributed by atoms with E-state index in [0.717, 1.165) is 29.4 Å². The fourth-order valence-corrected chi connectivity index (χ4v) is 4.04. The van der Waals surface area contributed by atoms with Crippen LogP contribution < -0.4 is 5.46 Å². The van der Waals surface area contributed by atoms with Crippen LogP contribution in [0.5, 0.6) is 0 Å². The highest BCUT2D eigenvalue weighted by molar-refractivity contribution is 6.61. The van der Waals surface area contributed by atoms with E-state index in [1.807, 2.05) is 18.2 Å². The number of carbonyl (C=O) groups excluding carboxylic acids is 1. The molecule has 128 valence electrons. The van der Waals surface area contributed by atoms with Gasteiger partial charge in [-0.25, -0.2) is 4.39 Å². The molecule has 1 heterocycles. The van der Waals surface area contributed by atoms with Crippen molar-refractivity contribution >= 4 is 18.4 Å². The molecule has 2 aromatic carbocycles. The van der Waals surface area contributed by atoms with E-state index in [-0.39, 0.29) is 24.1 Å². The maximum Gasteiger partial charge on any atom is 0.491 e. The maximum atomic E-state index is 13.0. The minimum atomic E-state index is -0.915. The molecule has 1 aliphatic heterocycles. The van der Waals surface area contributed by atoms with Crippen molar-refractivity contribution in [1.82, 2.24) is 0 Å². The van der Waals surface area contributed by atoms with Crippen molar-refractivity contribution in [2.75, 3.05) is 0 Å². The normalized spacial score (nSPS) is 20.1. The Balaban J connectivity index is 1.54. The largest absolute Gasteiger partial charge is 0.491 e. The highest BCUT2D eigenvalue weighted by Crippen LogP contribution is 2.40. The van der Waals surface area contributed by atoms with Gasteiger partial charge in [-0.15, -0.1) is 0 Å². The van der Waals surface area contributed by atoms with E-state index in [4.69, 9.17) is 4.65 Å². The Morgan fingerprint density at radius 2 is 1.88 bits per heavy atom. The van der Waals surface area contributed by atoms with Gasteiger partial charge in [0.05, 0.1) is 6.10 Å².